The maximum Gasteiger partial charge on any atom is 0.321 e. The SMILES string of the molecule is CCCCN(C(N)=O)C1=Nc2nc(Nc3ccc(OCCN(CC)CC)cc3)ncc2CN1c1cc(OC)cc(OC)c1. The minimum atomic E-state index is -0.595. The van der Waals surface area contributed by atoms with Crippen molar-refractivity contribution in [2.24, 2.45) is 10.7 Å². The first-order valence-electron chi connectivity index (χ1n) is 14.6. The number of aliphatic imine (C=N–C) groups is 1. The van der Waals surface area contributed by atoms with Gasteiger partial charge in [0.15, 0.2) is 5.82 Å². The van der Waals surface area contributed by atoms with Crippen LogP contribution in [-0.4, -0.2) is 78.8 Å². The molecular weight excluding hydrogens is 548 g/mol. The van der Waals surface area contributed by atoms with E-state index in [1.165, 1.54) is 4.90 Å². The Morgan fingerprint density at radius 3 is 2.30 bits per heavy atom. The lowest BCUT2D eigenvalue weighted by atomic mass is 10.2. The number of carbonyl (C=O) groups is 1. The molecule has 0 bridgehead atoms. The third-order valence-corrected chi connectivity index (χ3v) is 7.19. The number of nitrogens with zero attached hydrogens (tertiary/aromatic N) is 6. The molecule has 230 valence electrons. The number of carbonyl (C=O) groups excluding carboxylic acids is 1. The number of unbranched alkanes of at least 4 members (excludes halogenated alkanes) is 1. The summed E-state index contributed by atoms with van der Waals surface area (Å²) in [6.45, 7) is 10.6. The van der Waals surface area contributed by atoms with Crippen molar-refractivity contribution in [1.29, 1.82) is 0 Å². The number of urea groups is 1. The molecule has 43 heavy (non-hydrogen) atoms. The monoisotopic (exact) mass is 590 g/mol. The van der Waals surface area contributed by atoms with Gasteiger partial charge in [0.2, 0.25) is 11.9 Å². The van der Waals surface area contributed by atoms with Crippen LogP contribution in [0.4, 0.5) is 27.9 Å². The molecule has 1 aliphatic rings. The molecular formula is C31H42N8O4. The molecule has 2 aromatic carbocycles. The van der Waals surface area contributed by atoms with Crippen molar-refractivity contribution in [2.75, 3.05) is 57.2 Å². The zero-order valence-corrected chi connectivity index (χ0v) is 25.7. The molecule has 0 atom stereocenters. The summed E-state index contributed by atoms with van der Waals surface area (Å²) >= 11 is 0. The van der Waals surface area contributed by atoms with E-state index in [4.69, 9.17) is 24.9 Å². The van der Waals surface area contributed by atoms with Crippen molar-refractivity contribution < 1.29 is 19.0 Å². The summed E-state index contributed by atoms with van der Waals surface area (Å²) in [6.07, 6.45) is 3.38. The number of primary amides is 1. The molecule has 1 aromatic heterocycles. The highest BCUT2D eigenvalue weighted by atomic mass is 16.5. The topological polar surface area (TPSA) is 131 Å². The lowest BCUT2D eigenvalue weighted by Gasteiger charge is -2.35. The molecule has 3 N–H and O–H groups in total. The van der Waals surface area contributed by atoms with Gasteiger partial charge < -0.3 is 35.1 Å². The van der Waals surface area contributed by atoms with E-state index < -0.39 is 6.03 Å². The van der Waals surface area contributed by atoms with Gasteiger partial charge in [0.05, 0.1) is 26.5 Å². The Morgan fingerprint density at radius 2 is 1.70 bits per heavy atom. The van der Waals surface area contributed by atoms with Crippen LogP contribution in [0, 0.1) is 0 Å². The third-order valence-electron chi connectivity index (χ3n) is 7.19. The van der Waals surface area contributed by atoms with Gasteiger partial charge in [0, 0.05) is 48.7 Å². The number of rotatable bonds is 14. The Morgan fingerprint density at radius 1 is 1.00 bits per heavy atom. The molecule has 0 radical (unpaired) electrons. The number of nitrogens with one attached hydrogen (secondary N) is 1. The van der Waals surface area contributed by atoms with Gasteiger partial charge in [0.25, 0.3) is 0 Å². The molecule has 0 saturated carbocycles. The minimum absolute atomic E-state index is 0.361. The lowest BCUT2D eigenvalue weighted by molar-refractivity contribution is 0.223. The van der Waals surface area contributed by atoms with Gasteiger partial charge in [-0.2, -0.15) is 9.98 Å². The van der Waals surface area contributed by atoms with Crippen molar-refractivity contribution in [3.8, 4) is 17.2 Å². The molecule has 1 aliphatic heterocycles. The summed E-state index contributed by atoms with van der Waals surface area (Å²) in [6, 6.07) is 12.6. The Hall–Kier alpha value is -4.58. The van der Waals surface area contributed by atoms with Crippen molar-refractivity contribution in [3.63, 3.8) is 0 Å². The number of anilines is 3. The normalized spacial score (nSPS) is 12.4. The van der Waals surface area contributed by atoms with Gasteiger partial charge in [-0.15, -0.1) is 0 Å². The molecule has 0 fully saturated rings. The largest absolute Gasteiger partial charge is 0.497 e. The van der Waals surface area contributed by atoms with Crippen LogP contribution in [0.3, 0.4) is 0 Å². The van der Waals surface area contributed by atoms with Gasteiger partial charge in [-0.1, -0.05) is 27.2 Å². The Labute approximate surface area is 253 Å². The average Bonchev–Trinajstić information content (AvgIpc) is 3.03. The number of aromatic nitrogens is 2. The van der Waals surface area contributed by atoms with Crippen molar-refractivity contribution in [1.82, 2.24) is 19.8 Å². The second kappa shape index (κ2) is 15.1. The highest BCUT2D eigenvalue weighted by Gasteiger charge is 2.30. The predicted octanol–water partition coefficient (Wildman–Crippen LogP) is 5.15. The van der Waals surface area contributed by atoms with Crippen LogP contribution in [0.1, 0.15) is 39.2 Å². The van der Waals surface area contributed by atoms with Crippen LogP contribution in [0.25, 0.3) is 0 Å². The molecule has 0 unspecified atom stereocenters. The van der Waals surface area contributed by atoms with Crippen molar-refractivity contribution >= 4 is 35.1 Å². The number of hydrogen-bond acceptors (Lipinski definition) is 10. The van der Waals surface area contributed by atoms with Gasteiger partial charge in [-0.25, -0.2) is 9.78 Å². The summed E-state index contributed by atoms with van der Waals surface area (Å²) in [7, 11) is 3.18. The van der Waals surface area contributed by atoms with E-state index in [0.717, 1.165) is 55.2 Å². The van der Waals surface area contributed by atoms with Gasteiger partial charge in [-0.05, 0) is 43.8 Å². The fraction of sp³-hybridized carbons (Fsp3) is 0.419. The van der Waals surface area contributed by atoms with Gasteiger partial charge >= 0.3 is 6.03 Å². The minimum Gasteiger partial charge on any atom is -0.497 e. The summed E-state index contributed by atoms with van der Waals surface area (Å²) in [5, 5.41) is 3.24. The molecule has 0 spiro atoms. The summed E-state index contributed by atoms with van der Waals surface area (Å²) in [5.74, 6) is 3.22. The Balaban J connectivity index is 1.59. The van der Waals surface area contributed by atoms with Crippen molar-refractivity contribution in [2.45, 2.75) is 40.2 Å². The average molecular weight is 591 g/mol. The van der Waals surface area contributed by atoms with Crippen LogP contribution in [0.5, 0.6) is 17.2 Å². The second-order valence-corrected chi connectivity index (χ2v) is 9.98. The van der Waals surface area contributed by atoms with E-state index >= 15 is 0 Å². The highest BCUT2D eigenvalue weighted by Crippen LogP contribution is 2.34. The van der Waals surface area contributed by atoms with Crippen LogP contribution in [-0.2, 0) is 6.54 Å². The Kier molecular flexibility index (Phi) is 11.0. The number of guanidine groups is 1. The standard InChI is InChI=1S/C31H42N8O4/c1-6-9-14-38(29(32)40)31-36-28-22(21-39(31)24-17-26(41-4)19-27(18-24)42-5)20-33-30(35-28)34-23-10-12-25(13-11-23)43-16-15-37(7-2)8-3/h10-13,17-20H,6-9,14-16,21H2,1-5H3,(H2,32,40)(H,33,34,35). The van der Waals surface area contributed by atoms with Crippen LogP contribution >= 0.6 is 0 Å². The first-order chi connectivity index (χ1) is 20.9. The highest BCUT2D eigenvalue weighted by molar-refractivity contribution is 6.07. The zero-order chi connectivity index (χ0) is 30.8. The third kappa shape index (κ3) is 8.04. The van der Waals surface area contributed by atoms with E-state index in [9.17, 15) is 4.79 Å². The van der Waals surface area contributed by atoms with Crippen LogP contribution < -0.4 is 30.2 Å². The van der Waals surface area contributed by atoms with E-state index in [1.54, 1.807) is 26.5 Å². The van der Waals surface area contributed by atoms with Crippen LogP contribution in [0.2, 0.25) is 0 Å². The number of nitrogens with two attached hydrogens (primary N) is 1. The summed E-state index contributed by atoms with van der Waals surface area (Å²) < 4.78 is 16.9. The second-order valence-electron chi connectivity index (χ2n) is 9.98. The fourth-order valence-corrected chi connectivity index (χ4v) is 4.64. The number of methoxy groups -OCH3 is 2. The molecule has 3 aromatic rings. The van der Waals surface area contributed by atoms with E-state index in [-0.39, 0.29) is 0 Å². The molecule has 12 nitrogen and oxygen atoms in total. The number of likely N-dealkylation sites (N-methyl/N-ethyl adjacent to an activating group) is 1. The smallest absolute Gasteiger partial charge is 0.321 e. The van der Waals surface area contributed by atoms with Crippen molar-refractivity contribution in [3.05, 3.63) is 54.2 Å². The first kappa shape index (κ1) is 31.4. The number of fused-ring (bicyclic) bond motifs is 1. The van der Waals surface area contributed by atoms with Crippen LogP contribution in [0.15, 0.2) is 53.7 Å². The molecule has 2 amide bonds. The summed E-state index contributed by atoms with van der Waals surface area (Å²) in [4.78, 5) is 32.4. The molecule has 0 saturated heterocycles. The number of ether oxygens (including phenoxy) is 3. The molecule has 4 rings (SSSR count). The number of benzene rings is 2. The van der Waals surface area contributed by atoms with E-state index in [1.807, 2.05) is 41.3 Å². The van der Waals surface area contributed by atoms with Gasteiger partial charge in [0.1, 0.15) is 23.9 Å². The summed E-state index contributed by atoms with van der Waals surface area (Å²) in [5.41, 5.74) is 8.18. The predicted molar refractivity (Wildman–Crippen MR) is 169 cm³/mol. The van der Waals surface area contributed by atoms with E-state index in [2.05, 4.69) is 41.0 Å². The molecule has 2 heterocycles. The zero-order valence-electron chi connectivity index (χ0n) is 25.7. The maximum absolute atomic E-state index is 12.6. The maximum atomic E-state index is 12.6. The van der Waals surface area contributed by atoms with Gasteiger partial charge in [-0.3, -0.25) is 4.90 Å². The number of amides is 2. The Bertz CT molecular complexity index is 1370. The molecule has 12 heteroatoms. The fourth-order valence-electron chi connectivity index (χ4n) is 4.64. The quantitative estimate of drug-likeness (QED) is 0.262. The lowest BCUT2D eigenvalue weighted by Crippen LogP contribution is -2.50. The van der Waals surface area contributed by atoms with E-state index in [0.29, 0.717) is 48.9 Å². The number of hydrogen-bond donors (Lipinski definition) is 2. The first-order valence-corrected chi connectivity index (χ1v) is 14.6. The molecule has 0 aliphatic carbocycles.